The van der Waals surface area contributed by atoms with E-state index in [1.165, 1.54) is 0 Å². The Morgan fingerprint density at radius 3 is 2.37 bits per heavy atom. The monoisotopic (exact) mass is 415 g/mol. The number of urea groups is 1. The van der Waals surface area contributed by atoms with Crippen LogP contribution in [0.5, 0.6) is 0 Å². The van der Waals surface area contributed by atoms with Crippen LogP contribution in [0.1, 0.15) is 30.1 Å². The number of rotatable bonds is 5. The standard InChI is InChI=1S/C19H23N5O3.CH2O2/c1-2-27-17(25)14-4-6-15(7-5-14)22-19(26)23-16-8-12-24(13-9-16)18-20-10-3-11-21-18;2-1-3/h3-7,10-11,16H,2,8-9,12-13H2,1H3,(H2,22,23,26);1H,(H,2,3). The topological polar surface area (TPSA) is 134 Å². The second-order valence-corrected chi connectivity index (χ2v) is 6.31. The molecule has 10 heteroatoms. The maximum atomic E-state index is 12.2. The van der Waals surface area contributed by atoms with Crippen LogP contribution in [0.2, 0.25) is 0 Å². The molecule has 2 heterocycles. The van der Waals surface area contributed by atoms with Crippen molar-refractivity contribution in [3.8, 4) is 0 Å². The Morgan fingerprint density at radius 1 is 1.20 bits per heavy atom. The van der Waals surface area contributed by atoms with E-state index in [0.717, 1.165) is 31.9 Å². The fourth-order valence-corrected chi connectivity index (χ4v) is 2.93. The van der Waals surface area contributed by atoms with Crippen molar-refractivity contribution in [1.29, 1.82) is 0 Å². The Labute approximate surface area is 174 Å². The van der Waals surface area contributed by atoms with Crippen LogP contribution in [-0.2, 0) is 9.53 Å². The lowest BCUT2D eigenvalue weighted by Gasteiger charge is -2.32. The van der Waals surface area contributed by atoms with Crippen molar-refractivity contribution in [3.05, 3.63) is 48.3 Å². The molecule has 1 saturated heterocycles. The summed E-state index contributed by atoms with van der Waals surface area (Å²) in [6, 6.07) is 8.26. The van der Waals surface area contributed by atoms with E-state index in [1.807, 2.05) is 0 Å². The maximum absolute atomic E-state index is 12.2. The molecule has 0 saturated carbocycles. The number of nitrogens with zero attached hydrogens (tertiary/aromatic N) is 3. The van der Waals surface area contributed by atoms with Crippen LogP contribution in [0.3, 0.4) is 0 Å². The van der Waals surface area contributed by atoms with Gasteiger partial charge in [0, 0.05) is 37.2 Å². The Morgan fingerprint density at radius 2 is 1.80 bits per heavy atom. The maximum Gasteiger partial charge on any atom is 0.338 e. The van der Waals surface area contributed by atoms with Gasteiger partial charge in [-0.25, -0.2) is 19.6 Å². The number of esters is 1. The van der Waals surface area contributed by atoms with Crippen molar-refractivity contribution < 1.29 is 24.2 Å². The average Bonchev–Trinajstić information content (AvgIpc) is 2.76. The molecule has 3 rings (SSSR count). The molecule has 0 radical (unpaired) electrons. The van der Waals surface area contributed by atoms with Crippen LogP contribution in [0.15, 0.2) is 42.7 Å². The molecule has 10 nitrogen and oxygen atoms in total. The van der Waals surface area contributed by atoms with Gasteiger partial charge in [-0.05, 0) is 50.1 Å². The zero-order valence-electron chi connectivity index (χ0n) is 16.7. The van der Waals surface area contributed by atoms with Crippen LogP contribution in [0, 0.1) is 0 Å². The van der Waals surface area contributed by atoms with Gasteiger partial charge in [0.2, 0.25) is 5.95 Å². The number of ether oxygens (including phenoxy) is 1. The quantitative estimate of drug-likeness (QED) is 0.500. The normalized spacial score (nSPS) is 13.4. The van der Waals surface area contributed by atoms with Crippen LogP contribution >= 0.6 is 0 Å². The third kappa shape index (κ3) is 7.04. The fraction of sp³-hybridized carbons (Fsp3) is 0.350. The average molecular weight is 415 g/mol. The van der Waals surface area contributed by atoms with Crippen LogP contribution in [-0.4, -0.2) is 59.3 Å². The molecule has 1 fully saturated rings. The summed E-state index contributed by atoms with van der Waals surface area (Å²) in [6.45, 7) is 3.43. The summed E-state index contributed by atoms with van der Waals surface area (Å²) in [5, 5.41) is 12.7. The third-order valence-electron chi connectivity index (χ3n) is 4.32. The van der Waals surface area contributed by atoms with E-state index in [4.69, 9.17) is 14.6 Å². The Bertz CT molecular complexity index is 808. The van der Waals surface area contributed by atoms with Gasteiger partial charge >= 0.3 is 12.0 Å². The van der Waals surface area contributed by atoms with E-state index in [2.05, 4.69) is 25.5 Å². The number of amides is 2. The molecule has 2 aromatic rings. The number of aromatic nitrogens is 2. The zero-order valence-corrected chi connectivity index (χ0v) is 16.7. The lowest BCUT2D eigenvalue weighted by atomic mass is 10.1. The molecule has 0 spiro atoms. The molecule has 160 valence electrons. The van der Waals surface area contributed by atoms with Gasteiger partial charge in [-0.3, -0.25) is 4.79 Å². The van der Waals surface area contributed by atoms with E-state index in [9.17, 15) is 9.59 Å². The number of carbonyl (C=O) groups is 3. The van der Waals surface area contributed by atoms with Crippen molar-refractivity contribution in [3.63, 3.8) is 0 Å². The Kier molecular flexibility index (Phi) is 9.04. The molecule has 0 unspecified atom stereocenters. The first-order chi connectivity index (χ1) is 14.6. The number of anilines is 2. The van der Waals surface area contributed by atoms with E-state index in [0.29, 0.717) is 17.9 Å². The van der Waals surface area contributed by atoms with Crippen molar-refractivity contribution in [2.24, 2.45) is 0 Å². The van der Waals surface area contributed by atoms with E-state index in [1.54, 1.807) is 49.6 Å². The molecule has 0 bridgehead atoms. The molecule has 3 N–H and O–H groups in total. The SMILES string of the molecule is CCOC(=O)c1ccc(NC(=O)NC2CCN(c3ncccn3)CC2)cc1.O=CO. The van der Waals surface area contributed by atoms with Gasteiger partial charge in [0.25, 0.3) is 6.47 Å². The van der Waals surface area contributed by atoms with Gasteiger partial charge in [-0.2, -0.15) is 0 Å². The van der Waals surface area contributed by atoms with Gasteiger partial charge in [-0.15, -0.1) is 0 Å². The molecule has 2 amide bonds. The van der Waals surface area contributed by atoms with Crippen molar-refractivity contribution in [2.45, 2.75) is 25.8 Å². The number of benzene rings is 1. The van der Waals surface area contributed by atoms with Gasteiger partial charge in [0.15, 0.2) is 0 Å². The minimum Gasteiger partial charge on any atom is -0.483 e. The first-order valence-electron chi connectivity index (χ1n) is 9.51. The summed E-state index contributed by atoms with van der Waals surface area (Å²) in [7, 11) is 0. The number of carbonyl (C=O) groups excluding carboxylic acids is 2. The molecule has 1 aliphatic heterocycles. The minimum atomic E-state index is -0.373. The molecule has 0 aliphatic carbocycles. The summed E-state index contributed by atoms with van der Waals surface area (Å²) >= 11 is 0. The highest BCUT2D eigenvalue weighted by molar-refractivity contribution is 5.92. The van der Waals surface area contributed by atoms with E-state index >= 15 is 0 Å². The molecular weight excluding hydrogens is 390 g/mol. The van der Waals surface area contributed by atoms with Crippen molar-refractivity contribution in [2.75, 3.05) is 29.9 Å². The van der Waals surface area contributed by atoms with E-state index in [-0.39, 0.29) is 24.5 Å². The fourth-order valence-electron chi connectivity index (χ4n) is 2.93. The van der Waals surface area contributed by atoms with Crippen LogP contribution in [0.25, 0.3) is 0 Å². The smallest absolute Gasteiger partial charge is 0.338 e. The zero-order chi connectivity index (χ0) is 21.8. The first kappa shape index (κ1) is 22.6. The minimum absolute atomic E-state index is 0.101. The van der Waals surface area contributed by atoms with Crippen molar-refractivity contribution in [1.82, 2.24) is 15.3 Å². The highest BCUT2D eigenvalue weighted by Crippen LogP contribution is 2.16. The van der Waals surface area contributed by atoms with Gasteiger partial charge < -0.3 is 25.4 Å². The highest BCUT2D eigenvalue weighted by atomic mass is 16.5. The number of nitrogens with one attached hydrogen (secondary N) is 2. The Balaban J connectivity index is 0.00000101. The summed E-state index contributed by atoms with van der Waals surface area (Å²) in [5.41, 5.74) is 1.08. The molecule has 1 aromatic heterocycles. The van der Waals surface area contributed by atoms with Crippen molar-refractivity contribution >= 4 is 30.1 Å². The second-order valence-electron chi connectivity index (χ2n) is 6.31. The summed E-state index contributed by atoms with van der Waals surface area (Å²) in [5.74, 6) is 0.352. The number of hydrogen-bond donors (Lipinski definition) is 3. The van der Waals surface area contributed by atoms with Gasteiger partial charge in [0.05, 0.1) is 12.2 Å². The van der Waals surface area contributed by atoms with Gasteiger partial charge in [0.1, 0.15) is 0 Å². The number of piperidine rings is 1. The number of hydrogen-bond acceptors (Lipinski definition) is 7. The van der Waals surface area contributed by atoms with E-state index < -0.39 is 0 Å². The lowest BCUT2D eigenvalue weighted by molar-refractivity contribution is -0.122. The highest BCUT2D eigenvalue weighted by Gasteiger charge is 2.22. The summed E-state index contributed by atoms with van der Waals surface area (Å²) < 4.78 is 4.94. The molecule has 1 aromatic carbocycles. The second kappa shape index (κ2) is 12.0. The van der Waals surface area contributed by atoms with Crippen LogP contribution in [0.4, 0.5) is 16.4 Å². The first-order valence-corrected chi connectivity index (χ1v) is 9.51. The summed E-state index contributed by atoms with van der Waals surface area (Å²) in [6.07, 6.45) is 5.11. The third-order valence-corrected chi connectivity index (χ3v) is 4.32. The predicted molar refractivity (Wildman–Crippen MR) is 111 cm³/mol. The lowest BCUT2D eigenvalue weighted by Crippen LogP contribution is -2.46. The van der Waals surface area contributed by atoms with Crippen LogP contribution < -0.4 is 15.5 Å². The number of carboxylic acid groups (broad SMARTS) is 1. The molecule has 1 aliphatic rings. The largest absolute Gasteiger partial charge is 0.483 e. The van der Waals surface area contributed by atoms with Gasteiger partial charge in [-0.1, -0.05) is 0 Å². The predicted octanol–water partition coefficient (Wildman–Crippen LogP) is 2.14. The molecular formula is C20H25N5O5. The Hall–Kier alpha value is -3.69. The molecule has 30 heavy (non-hydrogen) atoms. The molecule has 0 atom stereocenters. The summed E-state index contributed by atoms with van der Waals surface area (Å²) in [4.78, 5) is 42.8.